The molecule has 0 aliphatic carbocycles. The summed E-state index contributed by atoms with van der Waals surface area (Å²) in [6.07, 6.45) is 3.48. The molecule has 0 amide bonds. The first-order valence-corrected chi connectivity index (χ1v) is 7.96. The summed E-state index contributed by atoms with van der Waals surface area (Å²) in [6, 6.07) is 6.98. The fraction of sp³-hybridized carbons (Fsp3) is 0.462. The lowest BCUT2D eigenvalue weighted by Gasteiger charge is -2.24. The van der Waals surface area contributed by atoms with Crippen molar-refractivity contribution in [1.29, 1.82) is 0 Å². The summed E-state index contributed by atoms with van der Waals surface area (Å²) in [5.41, 5.74) is 0.716. The summed E-state index contributed by atoms with van der Waals surface area (Å²) in [6.45, 7) is 4.82. The predicted molar refractivity (Wildman–Crippen MR) is 77.2 cm³/mol. The van der Waals surface area contributed by atoms with Crippen LogP contribution in [0.15, 0.2) is 33.6 Å². The number of para-hydroxylation sites is 1. The van der Waals surface area contributed by atoms with Crippen LogP contribution in [-0.4, -0.2) is 34.4 Å². The second kappa shape index (κ2) is 6.16. The van der Waals surface area contributed by atoms with Gasteiger partial charge < -0.3 is 10.2 Å². The van der Waals surface area contributed by atoms with Gasteiger partial charge in [-0.15, -0.1) is 4.40 Å². The third-order valence-corrected chi connectivity index (χ3v) is 4.23. The maximum atomic E-state index is 11.8. The van der Waals surface area contributed by atoms with E-state index in [1.54, 1.807) is 12.1 Å². The van der Waals surface area contributed by atoms with Crippen LogP contribution in [0.4, 0.5) is 5.69 Å². The molecule has 6 heteroatoms. The number of anilines is 1. The van der Waals surface area contributed by atoms with E-state index in [1.807, 2.05) is 17.0 Å². The molecule has 19 heavy (non-hydrogen) atoms. The number of nitrogens with one attached hydrogen (secondary N) is 1. The normalized spacial score (nSPS) is 16.4. The highest BCUT2D eigenvalue weighted by Gasteiger charge is 2.24. The van der Waals surface area contributed by atoms with Gasteiger partial charge in [0.2, 0.25) is 0 Å². The van der Waals surface area contributed by atoms with Crippen molar-refractivity contribution in [3.8, 4) is 0 Å². The highest BCUT2D eigenvalue weighted by atomic mass is 32.2. The Kier molecular flexibility index (Phi) is 4.55. The van der Waals surface area contributed by atoms with E-state index in [0.29, 0.717) is 10.6 Å². The van der Waals surface area contributed by atoms with Gasteiger partial charge in [0.25, 0.3) is 10.0 Å². The van der Waals surface area contributed by atoms with Crippen LogP contribution >= 0.6 is 0 Å². The van der Waals surface area contributed by atoms with Gasteiger partial charge in [0.15, 0.2) is 0 Å². The minimum atomic E-state index is -3.50. The van der Waals surface area contributed by atoms with Crippen molar-refractivity contribution in [2.24, 2.45) is 4.40 Å². The lowest BCUT2D eigenvalue weighted by atomic mass is 10.2. The van der Waals surface area contributed by atoms with E-state index < -0.39 is 10.0 Å². The lowest BCUT2D eigenvalue weighted by Crippen LogP contribution is -2.30. The summed E-state index contributed by atoms with van der Waals surface area (Å²) < 4.78 is 27.2. The van der Waals surface area contributed by atoms with Gasteiger partial charge in [0, 0.05) is 6.54 Å². The van der Waals surface area contributed by atoms with Crippen LogP contribution in [0.3, 0.4) is 0 Å². The molecular weight excluding hydrogens is 262 g/mol. The molecule has 1 aliphatic heterocycles. The third-order valence-electron chi connectivity index (χ3n) is 2.96. The Labute approximate surface area is 114 Å². The van der Waals surface area contributed by atoms with Gasteiger partial charge in [0.05, 0.1) is 5.69 Å². The maximum absolute atomic E-state index is 11.8. The van der Waals surface area contributed by atoms with Crippen LogP contribution in [0.1, 0.15) is 19.8 Å². The number of hydrogen-bond acceptors (Lipinski definition) is 4. The molecule has 5 nitrogen and oxygen atoms in total. The first-order valence-electron chi connectivity index (χ1n) is 6.52. The summed E-state index contributed by atoms with van der Waals surface area (Å²) in [5, 5.41) is 3.33. The summed E-state index contributed by atoms with van der Waals surface area (Å²) >= 11 is 0. The van der Waals surface area contributed by atoms with Crippen LogP contribution in [-0.2, 0) is 10.0 Å². The van der Waals surface area contributed by atoms with E-state index in [-0.39, 0.29) is 0 Å². The van der Waals surface area contributed by atoms with Crippen molar-refractivity contribution in [3.63, 3.8) is 0 Å². The molecule has 0 saturated heterocycles. The quantitative estimate of drug-likeness (QED) is 0.805. The second-order valence-electron chi connectivity index (χ2n) is 4.46. The average Bonchev–Trinajstić information content (AvgIpc) is 2.41. The molecule has 104 valence electrons. The van der Waals surface area contributed by atoms with Gasteiger partial charge >= 0.3 is 0 Å². The molecular formula is C13H19N3O2S. The van der Waals surface area contributed by atoms with Gasteiger partial charge in [-0.1, -0.05) is 19.1 Å². The fourth-order valence-electron chi connectivity index (χ4n) is 2.00. The Morgan fingerprint density at radius 1 is 1.26 bits per heavy atom. The Morgan fingerprint density at radius 2 is 2.05 bits per heavy atom. The largest absolute Gasteiger partial charge is 0.330 e. The molecule has 1 N–H and O–H groups in total. The molecule has 2 rings (SSSR count). The lowest BCUT2D eigenvalue weighted by molar-refractivity contribution is 0.596. The van der Waals surface area contributed by atoms with Crippen LogP contribution < -0.4 is 10.2 Å². The fourth-order valence-corrected chi connectivity index (χ4v) is 3.06. The number of benzene rings is 1. The third kappa shape index (κ3) is 3.33. The highest BCUT2D eigenvalue weighted by molar-refractivity contribution is 7.90. The predicted octanol–water partition coefficient (Wildman–Crippen LogP) is 1.61. The minimum absolute atomic E-state index is 0.291. The van der Waals surface area contributed by atoms with Crippen LogP contribution in [0, 0.1) is 0 Å². The van der Waals surface area contributed by atoms with E-state index in [9.17, 15) is 8.42 Å². The molecule has 1 aliphatic rings. The Bertz CT molecular complexity index is 555. The molecule has 0 fully saturated rings. The van der Waals surface area contributed by atoms with Gasteiger partial charge in [0.1, 0.15) is 11.2 Å². The SMILES string of the molecule is CCCNCCCN1C=NS(=O)(=O)c2ccccc21. The van der Waals surface area contributed by atoms with Crippen LogP contribution in [0.5, 0.6) is 0 Å². The Morgan fingerprint density at radius 3 is 2.84 bits per heavy atom. The highest BCUT2D eigenvalue weighted by Crippen LogP contribution is 2.28. The Balaban J connectivity index is 2.04. The number of rotatable bonds is 6. The Hall–Kier alpha value is -1.40. The first kappa shape index (κ1) is 14.0. The van der Waals surface area contributed by atoms with Crippen molar-refractivity contribution in [3.05, 3.63) is 24.3 Å². The molecule has 0 saturated carbocycles. The van der Waals surface area contributed by atoms with Crippen molar-refractivity contribution in [2.75, 3.05) is 24.5 Å². The first-order chi connectivity index (χ1) is 9.15. The van der Waals surface area contributed by atoms with Gasteiger partial charge in [-0.05, 0) is 38.1 Å². The van der Waals surface area contributed by atoms with Gasteiger partial charge in [-0.25, -0.2) is 0 Å². The zero-order valence-corrected chi connectivity index (χ0v) is 11.9. The molecule has 0 aromatic heterocycles. The van der Waals surface area contributed by atoms with Crippen LogP contribution in [0.2, 0.25) is 0 Å². The topological polar surface area (TPSA) is 61.8 Å². The van der Waals surface area contributed by atoms with Crippen molar-refractivity contribution in [2.45, 2.75) is 24.7 Å². The monoisotopic (exact) mass is 281 g/mol. The van der Waals surface area contributed by atoms with Gasteiger partial charge in [-0.3, -0.25) is 0 Å². The summed E-state index contributed by atoms with van der Waals surface area (Å²) in [7, 11) is -3.50. The molecule has 1 aromatic rings. The van der Waals surface area contributed by atoms with Crippen LogP contribution in [0.25, 0.3) is 0 Å². The molecule has 1 aromatic carbocycles. The van der Waals surface area contributed by atoms with Crippen molar-refractivity contribution >= 4 is 22.0 Å². The molecule has 1 heterocycles. The molecule has 0 spiro atoms. The van der Waals surface area contributed by atoms with E-state index >= 15 is 0 Å². The maximum Gasteiger partial charge on any atom is 0.285 e. The summed E-state index contributed by atoms with van der Waals surface area (Å²) in [4.78, 5) is 2.18. The molecule has 0 atom stereocenters. The standard InChI is InChI=1S/C13H19N3O2S/c1-2-8-14-9-5-10-16-11-15-19(17,18)13-7-4-3-6-12(13)16/h3-4,6-7,11,14H,2,5,8-10H2,1H3. The second-order valence-corrected chi connectivity index (χ2v) is 6.06. The number of sulfonamides is 1. The minimum Gasteiger partial charge on any atom is -0.330 e. The molecule has 0 radical (unpaired) electrons. The van der Waals surface area contributed by atoms with Crippen molar-refractivity contribution in [1.82, 2.24) is 5.32 Å². The number of nitrogens with zero attached hydrogens (tertiary/aromatic N) is 2. The van der Waals surface area contributed by atoms with E-state index in [0.717, 1.165) is 32.5 Å². The van der Waals surface area contributed by atoms with Crippen molar-refractivity contribution < 1.29 is 8.42 Å². The molecule has 0 bridgehead atoms. The van der Waals surface area contributed by atoms with E-state index in [2.05, 4.69) is 16.6 Å². The summed E-state index contributed by atoms with van der Waals surface area (Å²) in [5.74, 6) is 0. The smallest absolute Gasteiger partial charge is 0.285 e. The average molecular weight is 281 g/mol. The van der Waals surface area contributed by atoms with E-state index in [1.165, 1.54) is 6.34 Å². The zero-order valence-electron chi connectivity index (χ0n) is 11.0. The number of fused-ring (bicyclic) bond motifs is 1. The van der Waals surface area contributed by atoms with Gasteiger partial charge in [-0.2, -0.15) is 8.42 Å². The number of hydrogen-bond donors (Lipinski definition) is 1. The zero-order chi connectivity index (χ0) is 13.7. The molecule has 0 unspecified atom stereocenters. The van der Waals surface area contributed by atoms with E-state index in [4.69, 9.17) is 0 Å².